The number of hydrogen-bond acceptors (Lipinski definition) is 3. The molecule has 0 saturated carbocycles. The topological polar surface area (TPSA) is 39.2 Å². The first kappa shape index (κ1) is 11.6. The Hall–Kier alpha value is -1.90. The van der Waals surface area contributed by atoms with Crippen molar-refractivity contribution in [2.75, 3.05) is 6.61 Å². The SMILES string of the molecule is C=CC(=O)OCCc1cc2c(cn1)CCC=C2. The van der Waals surface area contributed by atoms with Crippen LogP contribution in [0.2, 0.25) is 0 Å². The van der Waals surface area contributed by atoms with Gasteiger partial charge in [0.15, 0.2) is 0 Å². The Bertz CT molecular complexity index is 463. The predicted molar refractivity (Wildman–Crippen MR) is 66.5 cm³/mol. The van der Waals surface area contributed by atoms with Gasteiger partial charge in [-0.25, -0.2) is 4.79 Å². The Morgan fingerprint density at radius 3 is 3.29 bits per heavy atom. The molecule has 2 rings (SSSR count). The third-order valence-electron chi connectivity index (χ3n) is 2.73. The van der Waals surface area contributed by atoms with Crippen LogP contribution in [0.4, 0.5) is 0 Å². The number of aryl methyl sites for hydroxylation is 1. The van der Waals surface area contributed by atoms with Gasteiger partial charge in [-0.1, -0.05) is 18.7 Å². The molecule has 0 unspecified atom stereocenters. The van der Waals surface area contributed by atoms with Gasteiger partial charge in [-0.2, -0.15) is 0 Å². The van der Waals surface area contributed by atoms with Crippen LogP contribution < -0.4 is 0 Å². The molecule has 0 bridgehead atoms. The monoisotopic (exact) mass is 229 g/mol. The Morgan fingerprint density at radius 2 is 2.47 bits per heavy atom. The van der Waals surface area contributed by atoms with Crippen LogP contribution in [-0.2, 0) is 22.4 Å². The fraction of sp³-hybridized carbons (Fsp3) is 0.286. The van der Waals surface area contributed by atoms with Crippen molar-refractivity contribution in [3.63, 3.8) is 0 Å². The van der Waals surface area contributed by atoms with Crippen molar-refractivity contribution in [2.45, 2.75) is 19.3 Å². The van der Waals surface area contributed by atoms with E-state index < -0.39 is 0 Å². The van der Waals surface area contributed by atoms with Crippen molar-refractivity contribution in [3.05, 3.63) is 47.8 Å². The molecule has 1 aliphatic carbocycles. The van der Waals surface area contributed by atoms with Gasteiger partial charge >= 0.3 is 5.97 Å². The standard InChI is InChI=1S/C14H15NO2/c1-2-14(16)17-8-7-13-9-11-5-3-4-6-12(11)10-15-13/h2-3,5,9-10H,1,4,6-8H2. The van der Waals surface area contributed by atoms with Crippen LogP contribution in [0.5, 0.6) is 0 Å². The van der Waals surface area contributed by atoms with E-state index >= 15 is 0 Å². The number of hydrogen-bond donors (Lipinski definition) is 0. The molecule has 88 valence electrons. The van der Waals surface area contributed by atoms with Crippen molar-refractivity contribution < 1.29 is 9.53 Å². The van der Waals surface area contributed by atoms with Gasteiger partial charge in [0.05, 0.1) is 6.61 Å². The van der Waals surface area contributed by atoms with Gasteiger partial charge in [0.2, 0.25) is 0 Å². The van der Waals surface area contributed by atoms with Crippen LogP contribution in [0, 0.1) is 0 Å². The summed E-state index contributed by atoms with van der Waals surface area (Å²) in [6.45, 7) is 3.69. The molecule has 0 spiro atoms. The van der Waals surface area contributed by atoms with E-state index in [1.165, 1.54) is 17.2 Å². The van der Waals surface area contributed by atoms with E-state index in [0.29, 0.717) is 13.0 Å². The van der Waals surface area contributed by atoms with Crippen molar-refractivity contribution in [1.29, 1.82) is 0 Å². The lowest BCUT2D eigenvalue weighted by molar-refractivity contribution is -0.137. The summed E-state index contributed by atoms with van der Waals surface area (Å²) in [4.78, 5) is 15.2. The van der Waals surface area contributed by atoms with Crippen LogP contribution in [0.25, 0.3) is 6.08 Å². The van der Waals surface area contributed by atoms with Gasteiger partial charge in [-0.3, -0.25) is 4.98 Å². The normalized spacial score (nSPS) is 12.9. The lowest BCUT2D eigenvalue weighted by atomic mass is 9.98. The third kappa shape index (κ3) is 3.03. The van der Waals surface area contributed by atoms with Crippen LogP contribution >= 0.6 is 0 Å². The molecule has 0 saturated heterocycles. The lowest BCUT2D eigenvalue weighted by Crippen LogP contribution is -2.06. The minimum Gasteiger partial charge on any atom is -0.462 e. The summed E-state index contributed by atoms with van der Waals surface area (Å²) in [6, 6.07) is 2.06. The molecule has 0 atom stereocenters. The molecular weight excluding hydrogens is 214 g/mol. The average molecular weight is 229 g/mol. The zero-order valence-corrected chi connectivity index (χ0v) is 9.69. The third-order valence-corrected chi connectivity index (χ3v) is 2.73. The first-order valence-electron chi connectivity index (χ1n) is 5.73. The van der Waals surface area contributed by atoms with E-state index in [1.54, 1.807) is 0 Å². The van der Waals surface area contributed by atoms with Gasteiger partial charge in [0.25, 0.3) is 0 Å². The summed E-state index contributed by atoms with van der Waals surface area (Å²) in [5, 5.41) is 0. The highest BCUT2D eigenvalue weighted by Gasteiger charge is 2.06. The highest BCUT2D eigenvalue weighted by atomic mass is 16.5. The van der Waals surface area contributed by atoms with Crippen LogP contribution in [0.3, 0.4) is 0 Å². The molecule has 3 nitrogen and oxygen atoms in total. The molecule has 0 amide bonds. The maximum Gasteiger partial charge on any atom is 0.330 e. The largest absolute Gasteiger partial charge is 0.462 e. The molecule has 0 radical (unpaired) electrons. The first-order valence-corrected chi connectivity index (χ1v) is 5.73. The van der Waals surface area contributed by atoms with Crippen molar-refractivity contribution in [2.24, 2.45) is 0 Å². The number of pyridine rings is 1. The van der Waals surface area contributed by atoms with Gasteiger partial charge in [-0.15, -0.1) is 0 Å². The highest BCUT2D eigenvalue weighted by Crippen LogP contribution is 2.18. The highest BCUT2D eigenvalue weighted by molar-refractivity contribution is 5.81. The number of esters is 1. The lowest BCUT2D eigenvalue weighted by Gasteiger charge is -2.11. The summed E-state index contributed by atoms with van der Waals surface area (Å²) in [7, 11) is 0. The summed E-state index contributed by atoms with van der Waals surface area (Å²) in [6.07, 6.45) is 10.2. The maximum absolute atomic E-state index is 10.9. The molecule has 0 N–H and O–H groups in total. The molecular formula is C14H15NO2. The molecule has 1 heterocycles. The maximum atomic E-state index is 10.9. The number of carbonyl (C=O) groups is 1. The minimum absolute atomic E-state index is 0.348. The first-order chi connectivity index (χ1) is 8.29. The Labute approximate surface area is 101 Å². The van der Waals surface area contributed by atoms with E-state index in [2.05, 4.69) is 29.8 Å². The number of carbonyl (C=O) groups excluding carboxylic acids is 1. The number of aromatic nitrogens is 1. The van der Waals surface area contributed by atoms with Crippen LogP contribution in [0.15, 0.2) is 31.0 Å². The second-order valence-corrected chi connectivity index (χ2v) is 3.94. The van der Waals surface area contributed by atoms with Gasteiger partial charge in [0, 0.05) is 24.4 Å². The van der Waals surface area contributed by atoms with E-state index in [1.807, 2.05) is 6.20 Å². The Morgan fingerprint density at radius 1 is 1.59 bits per heavy atom. The van der Waals surface area contributed by atoms with E-state index in [9.17, 15) is 4.79 Å². The van der Waals surface area contributed by atoms with E-state index in [0.717, 1.165) is 18.5 Å². The van der Waals surface area contributed by atoms with Crippen LogP contribution in [0.1, 0.15) is 23.2 Å². The van der Waals surface area contributed by atoms with Crippen molar-refractivity contribution >= 4 is 12.0 Å². The van der Waals surface area contributed by atoms with Gasteiger partial charge in [-0.05, 0) is 30.0 Å². The minimum atomic E-state index is -0.386. The molecule has 0 fully saturated rings. The second kappa shape index (κ2) is 5.43. The van der Waals surface area contributed by atoms with Gasteiger partial charge < -0.3 is 4.74 Å². The zero-order chi connectivity index (χ0) is 12.1. The number of nitrogens with zero attached hydrogens (tertiary/aromatic N) is 1. The van der Waals surface area contributed by atoms with E-state index in [-0.39, 0.29) is 5.97 Å². The second-order valence-electron chi connectivity index (χ2n) is 3.94. The fourth-order valence-corrected chi connectivity index (χ4v) is 1.81. The summed E-state index contributed by atoms with van der Waals surface area (Å²) >= 11 is 0. The summed E-state index contributed by atoms with van der Waals surface area (Å²) in [5.74, 6) is -0.386. The molecule has 1 aliphatic rings. The predicted octanol–water partition coefficient (Wildman–Crippen LogP) is 2.31. The van der Waals surface area contributed by atoms with Crippen LogP contribution in [-0.4, -0.2) is 17.6 Å². The molecule has 17 heavy (non-hydrogen) atoms. The molecule has 3 heteroatoms. The smallest absolute Gasteiger partial charge is 0.330 e. The number of ether oxygens (including phenoxy) is 1. The average Bonchev–Trinajstić information content (AvgIpc) is 2.38. The number of fused-ring (bicyclic) bond motifs is 1. The molecule has 0 aromatic carbocycles. The van der Waals surface area contributed by atoms with Crippen molar-refractivity contribution in [3.8, 4) is 0 Å². The molecule has 0 aliphatic heterocycles. The number of allylic oxidation sites excluding steroid dienone is 1. The quantitative estimate of drug-likeness (QED) is 0.587. The van der Waals surface area contributed by atoms with E-state index in [4.69, 9.17) is 4.74 Å². The van der Waals surface area contributed by atoms with Crippen molar-refractivity contribution in [1.82, 2.24) is 4.98 Å². The summed E-state index contributed by atoms with van der Waals surface area (Å²) in [5.41, 5.74) is 3.47. The number of rotatable bonds is 4. The Balaban J connectivity index is 1.96. The fourth-order valence-electron chi connectivity index (χ4n) is 1.81. The summed E-state index contributed by atoms with van der Waals surface area (Å²) < 4.78 is 4.92. The van der Waals surface area contributed by atoms with Gasteiger partial charge in [0.1, 0.15) is 0 Å². The zero-order valence-electron chi connectivity index (χ0n) is 9.69. The molecule has 1 aromatic rings. The Kier molecular flexibility index (Phi) is 3.70. The molecule has 1 aromatic heterocycles.